The molecule has 0 aliphatic carbocycles. The number of benzene rings is 1. The van der Waals surface area contributed by atoms with Crippen molar-refractivity contribution in [3.63, 3.8) is 0 Å². The van der Waals surface area contributed by atoms with Gasteiger partial charge in [0, 0.05) is 13.1 Å². The molecule has 0 aliphatic rings. The first-order valence-electron chi connectivity index (χ1n) is 5.88. The molecule has 7 heteroatoms. The first-order chi connectivity index (χ1) is 9.04. The molecule has 0 heterocycles. The zero-order valence-electron chi connectivity index (χ0n) is 10.7. The Morgan fingerprint density at radius 3 is 2.68 bits per heavy atom. The quantitative estimate of drug-likeness (QED) is 0.340. The Bertz CT molecular complexity index is 462. The molecule has 0 saturated carbocycles. The number of primary amides is 1. The standard InChI is InChI=1S/C12H18N4O3/c1-2-19-11(17)8-3-4-9(13)10(7-8)15-5-6-16-12(14)18/h3-4,7,15H,2,5-6,13H2,1H3,(H3,14,16,18). The minimum absolute atomic E-state index is 0.314. The van der Waals surface area contributed by atoms with E-state index in [1.54, 1.807) is 25.1 Å². The highest BCUT2D eigenvalue weighted by atomic mass is 16.5. The number of anilines is 2. The van der Waals surface area contributed by atoms with Crippen LogP contribution in [0, 0.1) is 0 Å². The van der Waals surface area contributed by atoms with Gasteiger partial charge in [0.25, 0.3) is 0 Å². The van der Waals surface area contributed by atoms with E-state index in [1.165, 1.54) is 0 Å². The van der Waals surface area contributed by atoms with Gasteiger partial charge in [0.05, 0.1) is 23.5 Å². The Labute approximate surface area is 111 Å². The van der Waals surface area contributed by atoms with Gasteiger partial charge in [-0.05, 0) is 25.1 Å². The molecule has 0 spiro atoms. The second kappa shape index (κ2) is 7.10. The van der Waals surface area contributed by atoms with Gasteiger partial charge in [0.15, 0.2) is 0 Å². The van der Waals surface area contributed by atoms with Gasteiger partial charge in [-0.2, -0.15) is 0 Å². The molecule has 1 aromatic rings. The number of esters is 1. The number of hydrogen-bond acceptors (Lipinski definition) is 5. The lowest BCUT2D eigenvalue weighted by molar-refractivity contribution is 0.0526. The van der Waals surface area contributed by atoms with Crippen molar-refractivity contribution in [1.82, 2.24) is 5.32 Å². The monoisotopic (exact) mass is 266 g/mol. The molecule has 0 aromatic heterocycles. The van der Waals surface area contributed by atoms with Crippen LogP contribution in [0.3, 0.4) is 0 Å². The second-order valence-corrected chi connectivity index (χ2v) is 3.74. The van der Waals surface area contributed by atoms with Crippen LogP contribution in [0.25, 0.3) is 0 Å². The largest absolute Gasteiger partial charge is 0.462 e. The Kier molecular flexibility index (Phi) is 5.46. The smallest absolute Gasteiger partial charge is 0.338 e. The number of nitrogens with two attached hydrogens (primary N) is 2. The molecule has 2 amide bonds. The molecule has 6 N–H and O–H groups in total. The lowest BCUT2D eigenvalue weighted by Crippen LogP contribution is -2.33. The number of rotatable bonds is 6. The summed E-state index contributed by atoms with van der Waals surface area (Å²) >= 11 is 0. The molecule has 19 heavy (non-hydrogen) atoms. The maximum atomic E-state index is 11.6. The maximum absolute atomic E-state index is 11.6. The lowest BCUT2D eigenvalue weighted by atomic mass is 10.1. The minimum Gasteiger partial charge on any atom is -0.462 e. The van der Waals surface area contributed by atoms with E-state index < -0.39 is 12.0 Å². The van der Waals surface area contributed by atoms with Crippen molar-refractivity contribution in [1.29, 1.82) is 0 Å². The zero-order chi connectivity index (χ0) is 14.3. The third-order valence-corrected chi connectivity index (χ3v) is 2.30. The van der Waals surface area contributed by atoms with Gasteiger partial charge >= 0.3 is 12.0 Å². The number of hydrogen-bond donors (Lipinski definition) is 4. The van der Waals surface area contributed by atoms with Crippen LogP contribution in [0.4, 0.5) is 16.2 Å². The highest BCUT2D eigenvalue weighted by Crippen LogP contribution is 2.20. The molecule has 0 radical (unpaired) electrons. The van der Waals surface area contributed by atoms with Crippen molar-refractivity contribution in [2.24, 2.45) is 5.73 Å². The van der Waals surface area contributed by atoms with Crippen LogP contribution in [-0.4, -0.2) is 31.7 Å². The molecule has 0 atom stereocenters. The topological polar surface area (TPSA) is 119 Å². The third-order valence-electron chi connectivity index (χ3n) is 2.30. The number of carbonyl (C=O) groups excluding carboxylic acids is 2. The van der Waals surface area contributed by atoms with Crippen molar-refractivity contribution >= 4 is 23.4 Å². The van der Waals surface area contributed by atoms with E-state index in [0.717, 1.165) is 0 Å². The molecule has 0 saturated heterocycles. The van der Waals surface area contributed by atoms with E-state index in [-0.39, 0.29) is 0 Å². The van der Waals surface area contributed by atoms with Gasteiger partial charge in [-0.15, -0.1) is 0 Å². The third kappa shape index (κ3) is 4.74. The second-order valence-electron chi connectivity index (χ2n) is 3.74. The summed E-state index contributed by atoms with van der Waals surface area (Å²) in [5.41, 5.74) is 12.2. The molecule has 1 rings (SSSR count). The van der Waals surface area contributed by atoms with E-state index in [4.69, 9.17) is 16.2 Å². The van der Waals surface area contributed by atoms with Crippen LogP contribution in [0.5, 0.6) is 0 Å². The molecular weight excluding hydrogens is 248 g/mol. The zero-order valence-corrected chi connectivity index (χ0v) is 10.7. The van der Waals surface area contributed by atoms with Gasteiger partial charge in [-0.25, -0.2) is 9.59 Å². The van der Waals surface area contributed by atoms with Crippen LogP contribution in [0.1, 0.15) is 17.3 Å². The van der Waals surface area contributed by atoms with Crippen LogP contribution < -0.4 is 22.1 Å². The number of carbonyl (C=O) groups is 2. The number of nitrogens with one attached hydrogen (secondary N) is 2. The van der Waals surface area contributed by atoms with Gasteiger partial charge < -0.3 is 26.8 Å². The summed E-state index contributed by atoms with van der Waals surface area (Å²) < 4.78 is 4.90. The molecule has 0 aliphatic heterocycles. The van der Waals surface area contributed by atoms with Gasteiger partial charge in [0.2, 0.25) is 0 Å². The SMILES string of the molecule is CCOC(=O)c1ccc(N)c(NCCNC(N)=O)c1. The normalized spacial score (nSPS) is 9.74. The average Bonchev–Trinajstić information content (AvgIpc) is 2.36. The van der Waals surface area contributed by atoms with Crippen LogP contribution in [-0.2, 0) is 4.74 Å². The summed E-state index contributed by atoms with van der Waals surface area (Å²) in [4.78, 5) is 22.1. The maximum Gasteiger partial charge on any atom is 0.338 e. The summed E-state index contributed by atoms with van der Waals surface area (Å²) in [6, 6.07) is 4.24. The number of urea groups is 1. The lowest BCUT2D eigenvalue weighted by Gasteiger charge is -2.11. The number of ether oxygens (including phenoxy) is 1. The molecule has 104 valence electrons. The Morgan fingerprint density at radius 2 is 2.05 bits per heavy atom. The van der Waals surface area contributed by atoms with Crippen LogP contribution in [0.2, 0.25) is 0 Å². The first kappa shape index (κ1) is 14.6. The fraction of sp³-hybridized carbons (Fsp3) is 0.333. The van der Waals surface area contributed by atoms with Crippen LogP contribution >= 0.6 is 0 Å². The fourth-order valence-corrected chi connectivity index (χ4v) is 1.43. The molecule has 0 bridgehead atoms. The number of amides is 2. The Morgan fingerprint density at radius 1 is 1.32 bits per heavy atom. The molecule has 0 unspecified atom stereocenters. The van der Waals surface area contributed by atoms with Crippen molar-refractivity contribution in [3.05, 3.63) is 23.8 Å². The van der Waals surface area contributed by atoms with Gasteiger partial charge in [-0.3, -0.25) is 0 Å². The Balaban J connectivity index is 2.64. The molecule has 7 nitrogen and oxygen atoms in total. The molecule has 1 aromatic carbocycles. The van der Waals surface area contributed by atoms with Crippen LogP contribution in [0.15, 0.2) is 18.2 Å². The summed E-state index contributed by atoms with van der Waals surface area (Å²) in [6.07, 6.45) is 0. The van der Waals surface area contributed by atoms with E-state index in [9.17, 15) is 9.59 Å². The van der Waals surface area contributed by atoms with E-state index in [1.807, 2.05) is 0 Å². The van der Waals surface area contributed by atoms with E-state index in [0.29, 0.717) is 36.6 Å². The summed E-state index contributed by atoms with van der Waals surface area (Å²) in [5.74, 6) is -0.402. The molecular formula is C12H18N4O3. The van der Waals surface area contributed by atoms with E-state index in [2.05, 4.69) is 10.6 Å². The Hall–Kier alpha value is -2.44. The van der Waals surface area contributed by atoms with E-state index >= 15 is 0 Å². The van der Waals surface area contributed by atoms with Crippen molar-refractivity contribution in [2.45, 2.75) is 6.92 Å². The van der Waals surface area contributed by atoms with Crippen molar-refractivity contribution < 1.29 is 14.3 Å². The van der Waals surface area contributed by atoms with Gasteiger partial charge in [-0.1, -0.05) is 0 Å². The van der Waals surface area contributed by atoms with Crippen molar-refractivity contribution in [2.75, 3.05) is 30.7 Å². The summed E-state index contributed by atoms with van der Waals surface area (Å²) in [5, 5.41) is 5.44. The fourth-order valence-electron chi connectivity index (χ4n) is 1.43. The van der Waals surface area contributed by atoms with Crippen molar-refractivity contribution in [3.8, 4) is 0 Å². The highest BCUT2D eigenvalue weighted by molar-refractivity contribution is 5.92. The summed E-state index contributed by atoms with van der Waals surface area (Å²) in [6.45, 7) is 2.86. The highest BCUT2D eigenvalue weighted by Gasteiger charge is 2.08. The summed E-state index contributed by atoms with van der Waals surface area (Å²) in [7, 11) is 0. The first-order valence-corrected chi connectivity index (χ1v) is 5.88. The number of nitrogen functional groups attached to an aromatic ring is 1. The predicted molar refractivity (Wildman–Crippen MR) is 72.9 cm³/mol. The predicted octanol–water partition coefficient (Wildman–Crippen LogP) is 0.526. The van der Waals surface area contributed by atoms with Gasteiger partial charge in [0.1, 0.15) is 0 Å². The molecule has 0 fully saturated rings. The minimum atomic E-state index is -0.588. The average molecular weight is 266 g/mol.